The zero-order valence-electron chi connectivity index (χ0n) is 15.1. The second-order valence-corrected chi connectivity index (χ2v) is 7.13. The SMILES string of the molecule is CC1CCN(C(=O)CC2NCCN(Cc3ccccc3F)C2=O)CC1.Cl. The third-order valence-electron chi connectivity index (χ3n) is 5.22. The van der Waals surface area contributed by atoms with Crippen LogP contribution in [0.15, 0.2) is 24.3 Å². The van der Waals surface area contributed by atoms with Crippen LogP contribution in [-0.2, 0) is 16.1 Å². The number of benzene rings is 1. The molecule has 0 spiro atoms. The number of piperazine rings is 1. The molecule has 2 fully saturated rings. The number of rotatable bonds is 4. The van der Waals surface area contributed by atoms with Gasteiger partial charge in [0.2, 0.25) is 11.8 Å². The zero-order valence-corrected chi connectivity index (χ0v) is 15.9. The minimum Gasteiger partial charge on any atom is -0.343 e. The van der Waals surface area contributed by atoms with E-state index in [4.69, 9.17) is 0 Å². The summed E-state index contributed by atoms with van der Waals surface area (Å²) in [7, 11) is 0. The molecule has 26 heavy (non-hydrogen) atoms. The fourth-order valence-corrected chi connectivity index (χ4v) is 3.50. The molecule has 0 saturated carbocycles. The topological polar surface area (TPSA) is 52.7 Å². The van der Waals surface area contributed by atoms with Crippen LogP contribution in [0.25, 0.3) is 0 Å². The van der Waals surface area contributed by atoms with Crippen molar-refractivity contribution in [1.29, 1.82) is 0 Å². The first kappa shape index (κ1) is 20.6. The molecule has 2 saturated heterocycles. The van der Waals surface area contributed by atoms with Crippen LogP contribution in [0.3, 0.4) is 0 Å². The highest BCUT2D eigenvalue weighted by Gasteiger charge is 2.32. The summed E-state index contributed by atoms with van der Waals surface area (Å²) in [6.07, 6.45) is 2.23. The molecule has 7 heteroatoms. The predicted molar refractivity (Wildman–Crippen MR) is 100 cm³/mol. The maximum atomic E-state index is 13.8. The number of carbonyl (C=O) groups excluding carboxylic acids is 2. The summed E-state index contributed by atoms with van der Waals surface area (Å²) in [6.45, 7) is 5.15. The molecule has 2 heterocycles. The molecule has 1 unspecified atom stereocenters. The summed E-state index contributed by atoms with van der Waals surface area (Å²) in [6, 6.07) is 6.00. The third kappa shape index (κ3) is 4.95. The van der Waals surface area contributed by atoms with Gasteiger partial charge in [-0.2, -0.15) is 0 Å². The van der Waals surface area contributed by atoms with Crippen molar-refractivity contribution in [1.82, 2.24) is 15.1 Å². The van der Waals surface area contributed by atoms with Gasteiger partial charge in [-0.25, -0.2) is 4.39 Å². The summed E-state index contributed by atoms with van der Waals surface area (Å²) in [5, 5.41) is 3.15. The number of halogens is 2. The molecule has 2 aliphatic rings. The minimum atomic E-state index is -0.507. The van der Waals surface area contributed by atoms with Crippen molar-refractivity contribution in [2.45, 2.75) is 38.8 Å². The number of nitrogens with zero attached hydrogens (tertiary/aromatic N) is 2. The van der Waals surface area contributed by atoms with Crippen molar-refractivity contribution in [2.75, 3.05) is 26.2 Å². The largest absolute Gasteiger partial charge is 0.343 e. The lowest BCUT2D eigenvalue weighted by atomic mass is 9.98. The summed E-state index contributed by atoms with van der Waals surface area (Å²) in [5.74, 6) is 0.275. The van der Waals surface area contributed by atoms with Crippen LogP contribution < -0.4 is 5.32 Å². The van der Waals surface area contributed by atoms with Crippen molar-refractivity contribution in [3.63, 3.8) is 0 Å². The van der Waals surface area contributed by atoms with E-state index < -0.39 is 6.04 Å². The Morgan fingerprint density at radius 2 is 1.92 bits per heavy atom. The van der Waals surface area contributed by atoms with Gasteiger partial charge >= 0.3 is 0 Å². The Bertz CT molecular complexity index is 635. The Morgan fingerprint density at radius 3 is 2.62 bits per heavy atom. The highest BCUT2D eigenvalue weighted by Crippen LogP contribution is 2.18. The normalized spacial score (nSPS) is 21.5. The predicted octanol–water partition coefficient (Wildman–Crippen LogP) is 2.20. The maximum Gasteiger partial charge on any atom is 0.240 e. The van der Waals surface area contributed by atoms with Crippen LogP contribution in [0.4, 0.5) is 4.39 Å². The van der Waals surface area contributed by atoms with E-state index in [-0.39, 0.29) is 43.0 Å². The van der Waals surface area contributed by atoms with Crippen LogP contribution in [0.5, 0.6) is 0 Å². The Hall–Kier alpha value is -1.66. The van der Waals surface area contributed by atoms with Crippen molar-refractivity contribution in [3.8, 4) is 0 Å². The fourth-order valence-electron chi connectivity index (χ4n) is 3.50. The van der Waals surface area contributed by atoms with Gasteiger partial charge in [0.05, 0.1) is 12.5 Å². The third-order valence-corrected chi connectivity index (χ3v) is 5.22. The van der Waals surface area contributed by atoms with E-state index in [1.807, 2.05) is 4.90 Å². The molecule has 1 aromatic rings. The molecule has 0 radical (unpaired) electrons. The van der Waals surface area contributed by atoms with E-state index in [0.29, 0.717) is 24.6 Å². The molecule has 0 aliphatic carbocycles. The maximum absolute atomic E-state index is 13.8. The standard InChI is InChI=1S/C19H26FN3O2.ClH/c1-14-6-9-22(10-7-14)18(24)12-17-19(25)23(11-8-21-17)13-15-4-2-3-5-16(15)20;/h2-5,14,17,21H,6-13H2,1H3;1H. The summed E-state index contributed by atoms with van der Waals surface area (Å²) in [5.41, 5.74) is 0.507. The van der Waals surface area contributed by atoms with Gasteiger partial charge in [-0.15, -0.1) is 12.4 Å². The van der Waals surface area contributed by atoms with Gasteiger partial charge in [0, 0.05) is 38.3 Å². The first-order chi connectivity index (χ1) is 12.0. The molecular weight excluding hydrogens is 357 g/mol. The van der Waals surface area contributed by atoms with Gasteiger partial charge in [-0.1, -0.05) is 25.1 Å². The lowest BCUT2D eigenvalue weighted by Crippen LogP contribution is -2.56. The number of hydrogen-bond acceptors (Lipinski definition) is 3. The van der Waals surface area contributed by atoms with Crippen LogP contribution >= 0.6 is 12.4 Å². The highest BCUT2D eigenvalue weighted by molar-refractivity contribution is 5.89. The van der Waals surface area contributed by atoms with Gasteiger partial charge in [0.1, 0.15) is 5.82 Å². The molecular formula is C19H27ClFN3O2. The zero-order chi connectivity index (χ0) is 17.8. The number of carbonyl (C=O) groups is 2. The Balaban J connectivity index is 0.00000243. The van der Waals surface area contributed by atoms with E-state index in [1.165, 1.54) is 6.07 Å². The van der Waals surface area contributed by atoms with Gasteiger partial charge in [0.25, 0.3) is 0 Å². The fraction of sp³-hybridized carbons (Fsp3) is 0.579. The van der Waals surface area contributed by atoms with Gasteiger partial charge < -0.3 is 15.1 Å². The molecule has 2 aliphatic heterocycles. The molecule has 144 valence electrons. The summed E-state index contributed by atoms with van der Waals surface area (Å²) >= 11 is 0. The summed E-state index contributed by atoms with van der Waals surface area (Å²) in [4.78, 5) is 28.7. The number of nitrogens with one attached hydrogen (secondary N) is 1. The van der Waals surface area contributed by atoms with E-state index in [9.17, 15) is 14.0 Å². The van der Waals surface area contributed by atoms with Gasteiger partial charge in [0.15, 0.2) is 0 Å². The van der Waals surface area contributed by atoms with Gasteiger partial charge in [-0.05, 0) is 24.8 Å². The molecule has 1 aromatic carbocycles. The number of piperidine rings is 1. The Labute approximate surface area is 160 Å². The summed E-state index contributed by atoms with van der Waals surface area (Å²) < 4.78 is 13.8. The lowest BCUT2D eigenvalue weighted by molar-refractivity contribution is -0.142. The molecule has 1 atom stereocenters. The minimum absolute atomic E-state index is 0. The quantitative estimate of drug-likeness (QED) is 0.867. The second-order valence-electron chi connectivity index (χ2n) is 7.13. The average molecular weight is 384 g/mol. The van der Waals surface area contributed by atoms with Crippen molar-refractivity contribution >= 4 is 24.2 Å². The highest BCUT2D eigenvalue weighted by atomic mass is 35.5. The Kier molecular flexibility index (Phi) is 7.41. The molecule has 3 rings (SSSR count). The van der Waals surface area contributed by atoms with E-state index in [1.54, 1.807) is 23.1 Å². The van der Waals surface area contributed by atoms with E-state index >= 15 is 0 Å². The molecule has 5 nitrogen and oxygen atoms in total. The number of likely N-dealkylation sites (tertiary alicyclic amines) is 1. The molecule has 0 bridgehead atoms. The molecule has 1 N–H and O–H groups in total. The van der Waals surface area contributed by atoms with Crippen molar-refractivity contribution in [3.05, 3.63) is 35.6 Å². The average Bonchev–Trinajstić information content (AvgIpc) is 2.61. The lowest BCUT2D eigenvalue weighted by Gasteiger charge is -2.35. The van der Waals surface area contributed by atoms with E-state index in [2.05, 4.69) is 12.2 Å². The monoisotopic (exact) mass is 383 g/mol. The number of amides is 2. The van der Waals surface area contributed by atoms with Crippen LogP contribution in [0, 0.1) is 11.7 Å². The molecule has 0 aromatic heterocycles. The van der Waals surface area contributed by atoms with Crippen LogP contribution in [0.2, 0.25) is 0 Å². The second kappa shape index (κ2) is 9.33. The first-order valence-corrected chi connectivity index (χ1v) is 9.08. The van der Waals surface area contributed by atoms with Crippen molar-refractivity contribution < 1.29 is 14.0 Å². The van der Waals surface area contributed by atoms with Gasteiger partial charge in [-0.3, -0.25) is 9.59 Å². The van der Waals surface area contributed by atoms with E-state index in [0.717, 1.165) is 25.9 Å². The smallest absolute Gasteiger partial charge is 0.240 e. The Morgan fingerprint density at radius 1 is 1.23 bits per heavy atom. The van der Waals surface area contributed by atoms with Crippen LogP contribution in [0.1, 0.15) is 31.7 Å². The number of hydrogen-bond donors (Lipinski definition) is 1. The van der Waals surface area contributed by atoms with Crippen molar-refractivity contribution in [2.24, 2.45) is 5.92 Å². The van der Waals surface area contributed by atoms with Crippen LogP contribution in [-0.4, -0.2) is 53.8 Å². The molecule has 2 amide bonds. The first-order valence-electron chi connectivity index (χ1n) is 9.08.